The van der Waals surface area contributed by atoms with Crippen molar-refractivity contribution in [1.82, 2.24) is 29.1 Å². The molecule has 2 fully saturated rings. The van der Waals surface area contributed by atoms with E-state index in [4.69, 9.17) is 9.98 Å². The number of piperazine rings is 1. The summed E-state index contributed by atoms with van der Waals surface area (Å²) in [6.45, 7) is 9.17. The van der Waals surface area contributed by atoms with Crippen molar-refractivity contribution >= 4 is 17.6 Å². The molecule has 0 bridgehead atoms. The summed E-state index contributed by atoms with van der Waals surface area (Å²) in [5, 5.41) is 4.38. The molecule has 192 valence electrons. The minimum atomic E-state index is -0.527. The number of amides is 1. The molecule has 3 aromatic rings. The lowest BCUT2D eigenvalue weighted by Crippen LogP contribution is -2.63. The second kappa shape index (κ2) is 9.84. The second-order valence-electron chi connectivity index (χ2n) is 9.69. The molecule has 2 aliphatic rings. The average molecular weight is 498 g/mol. The van der Waals surface area contributed by atoms with Gasteiger partial charge in [-0.25, -0.2) is 14.7 Å². The number of allylic oxidation sites excluding steroid dienone is 2. The van der Waals surface area contributed by atoms with E-state index in [0.717, 1.165) is 72.2 Å². The van der Waals surface area contributed by atoms with Gasteiger partial charge in [0, 0.05) is 43.9 Å². The van der Waals surface area contributed by atoms with Crippen LogP contribution in [0.1, 0.15) is 53.4 Å². The first-order valence-corrected chi connectivity index (χ1v) is 13.1. The van der Waals surface area contributed by atoms with E-state index in [9.17, 15) is 4.79 Å². The summed E-state index contributed by atoms with van der Waals surface area (Å²) in [7, 11) is 1.87. The normalized spacial score (nSPS) is 22.7. The van der Waals surface area contributed by atoms with Crippen LogP contribution in [0.15, 0.2) is 77.5 Å². The van der Waals surface area contributed by atoms with Gasteiger partial charge in [-0.2, -0.15) is 5.10 Å². The predicted octanol–water partition coefficient (Wildman–Crippen LogP) is 5.35. The fourth-order valence-electron chi connectivity index (χ4n) is 5.59. The molecule has 2 aliphatic heterocycles. The highest BCUT2D eigenvalue weighted by molar-refractivity contribution is 6.10. The molecule has 8 heteroatoms. The molecule has 0 radical (unpaired) electrons. The lowest BCUT2D eigenvalue weighted by atomic mass is 9.88. The summed E-state index contributed by atoms with van der Waals surface area (Å²) in [5.41, 5.74) is 3.41. The summed E-state index contributed by atoms with van der Waals surface area (Å²) >= 11 is 0. The quantitative estimate of drug-likeness (QED) is 0.460. The van der Waals surface area contributed by atoms with Crippen LogP contribution in [-0.4, -0.2) is 60.0 Å². The van der Waals surface area contributed by atoms with Crippen LogP contribution in [-0.2, 0) is 4.79 Å². The first kappa shape index (κ1) is 24.7. The molecule has 0 saturated carbocycles. The molecule has 2 aromatic heterocycles. The number of nitrogens with zero attached hydrogens (tertiary/aromatic N) is 7. The summed E-state index contributed by atoms with van der Waals surface area (Å²) in [5.74, 6) is 2.67. The van der Waals surface area contributed by atoms with Gasteiger partial charge in [-0.1, -0.05) is 32.1 Å². The fraction of sp³-hybridized carbons (Fsp3) is 0.379. The Labute approximate surface area is 218 Å². The maximum absolute atomic E-state index is 13.5. The lowest BCUT2D eigenvalue weighted by Gasteiger charge is -2.47. The number of carbonyl (C=O) groups is 1. The fourth-order valence-corrected chi connectivity index (χ4v) is 5.59. The number of benzene rings is 1. The third kappa shape index (κ3) is 4.00. The van der Waals surface area contributed by atoms with Crippen LogP contribution in [0.5, 0.6) is 0 Å². The van der Waals surface area contributed by atoms with Gasteiger partial charge in [0.25, 0.3) is 5.91 Å². The number of hydrogen-bond donors (Lipinski definition) is 0. The number of aromatic nitrogens is 4. The molecular formula is C29H35N7O. The Hall–Kier alpha value is -3.94. The van der Waals surface area contributed by atoms with Crippen molar-refractivity contribution in [2.45, 2.75) is 58.9 Å². The number of amidine groups is 1. The van der Waals surface area contributed by atoms with Crippen LogP contribution in [0.4, 0.5) is 0 Å². The minimum absolute atomic E-state index is 0.163. The Bertz CT molecular complexity index is 1390. The van der Waals surface area contributed by atoms with E-state index in [1.807, 2.05) is 61.5 Å². The van der Waals surface area contributed by atoms with Crippen molar-refractivity contribution < 1.29 is 4.79 Å². The molecule has 0 N–H and O–H groups in total. The minimum Gasteiger partial charge on any atom is -0.340 e. The molecule has 1 aromatic carbocycles. The standard InChI is InChI=1S/C29H35N7O/c1-6-21(4)25(32-27-24(7-2)33(5)28(37)29(8-3)14-10-17-35(27)29)34-19-16-30-26(34)22-12-9-13-23(20-22)36-18-11-15-31-36/h7,9,11-13,15-16,18-20H,6,8,10,14,17H2,1-5H3/b24-7+,25-21-,32-27+. The van der Waals surface area contributed by atoms with Gasteiger partial charge in [-0.3, -0.25) is 9.36 Å². The molecule has 1 atom stereocenters. The molecule has 37 heavy (non-hydrogen) atoms. The summed E-state index contributed by atoms with van der Waals surface area (Å²) < 4.78 is 3.91. The highest BCUT2D eigenvalue weighted by Gasteiger charge is 2.53. The zero-order chi connectivity index (χ0) is 26.2. The smallest absolute Gasteiger partial charge is 0.252 e. The summed E-state index contributed by atoms with van der Waals surface area (Å²) in [4.78, 5) is 27.6. The molecule has 1 amide bonds. The molecule has 1 unspecified atom stereocenters. The van der Waals surface area contributed by atoms with Crippen molar-refractivity contribution in [1.29, 1.82) is 0 Å². The molecular weight excluding hydrogens is 462 g/mol. The molecule has 2 saturated heterocycles. The zero-order valence-corrected chi connectivity index (χ0v) is 22.3. The highest BCUT2D eigenvalue weighted by Crippen LogP contribution is 2.41. The van der Waals surface area contributed by atoms with Gasteiger partial charge in [0.1, 0.15) is 17.2 Å². The predicted molar refractivity (Wildman–Crippen MR) is 147 cm³/mol. The number of likely N-dealkylation sites (N-methyl/N-ethyl adjacent to an activating group) is 1. The topological polar surface area (TPSA) is 71.5 Å². The van der Waals surface area contributed by atoms with E-state index in [1.54, 1.807) is 11.1 Å². The Morgan fingerprint density at radius 2 is 2.03 bits per heavy atom. The van der Waals surface area contributed by atoms with Gasteiger partial charge < -0.3 is 9.80 Å². The van der Waals surface area contributed by atoms with E-state index in [-0.39, 0.29) is 5.91 Å². The number of fused-ring (bicyclic) bond motifs is 1. The van der Waals surface area contributed by atoms with Crippen molar-refractivity contribution in [2.75, 3.05) is 13.6 Å². The van der Waals surface area contributed by atoms with Gasteiger partial charge in [0.05, 0.1) is 11.4 Å². The lowest BCUT2D eigenvalue weighted by molar-refractivity contribution is -0.139. The molecule has 8 nitrogen and oxygen atoms in total. The van der Waals surface area contributed by atoms with E-state index in [0.29, 0.717) is 0 Å². The van der Waals surface area contributed by atoms with Gasteiger partial charge in [-0.15, -0.1) is 0 Å². The summed E-state index contributed by atoms with van der Waals surface area (Å²) in [6.07, 6.45) is 12.9. The molecule has 5 rings (SSSR count). The van der Waals surface area contributed by atoms with E-state index < -0.39 is 5.54 Å². The van der Waals surface area contributed by atoms with Gasteiger partial charge in [-0.05, 0) is 63.3 Å². The van der Waals surface area contributed by atoms with Crippen LogP contribution in [0.2, 0.25) is 0 Å². The van der Waals surface area contributed by atoms with Gasteiger partial charge in [0.15, 0.2) is 5.84 Å². The van der Waals surface area contributed by atoms with Crippen molar-refractivity contribution in [3.8, 4) is 17.1 Å². The Kier molecular flexibility index (Phi) is 6.58. The van der Waals surface area contributed by atoms with Gasteiger partial charge in [0.2, 0.25) is 0 Å². The molecule has 4 heterocycles. The van der Waals surface area contributed by atoms with Crippen LogP contribution in [0.25, 0.3) is 22.9 Å². The van der Waals surface area contributed by atoms with Crippen molar-refractivity contribution in [3.63, 3.8) is 0 Å². The third-order valence-electron chi connectivity index (χ3n) is 7.76. The first-order valence-electron chi connectivity index (χ1n) is 13.1. The first-order chi connectivity index (χ1) is 17.9. The maximum Gasteiger partial charge on any atom is 0.252 e. The van der Waals surface area contributed by atoms with Crippen LogP contribution in [0.3, 0.4) is 0 Å². The number of rotatable bonds is 6. The monoisotopic (exact) mass is 497 g/mol. The largest absolute Gasteiger partial charge is 0.340 e. The number of imidazole rings is 1. The zero-order valence-electron chi connectivity index (χ0n) is 22.3. The van der Waals surface area contributed by atoms with E-state index in [2.05, 4.69) is 47.5 Å². The number of hydrogen-bond acceptors (Lipinski definition) is 4. The SMILES string of the molecule is C\C=C1/C(=N\C(=C(/C)CC)n2ccnc2-c2cccc(-n3cccn3)c2)N2CCCC2(CC)C(=O)N1C. The Morgan fingerprint density at radius 3 is 2.73 bits per heavy atom. The van der Waals surface area contributed by atoms with Crippen molar-refractivity contribution in [3.05, 3.63) is 72.5 Å². The van der Waals surface area contributed by atoms with Crippen LogP contribution < -0.4 is 0 Å². The Balaban J connectivity index is 1.65. The van der Waals surface area contributed by atoms with Gasteiger partial charge >= 0.3 is 0 Å². The summed E-state index contributed by atoms with van der Waals surface area (Å²) in [6, 6.07) is 10.1. The average Bonchev–Trinajstić information content (AvgIpc) is 3.71. The maximum atomic E-state index is 13.5. The highest BCUT2D eigenvalue weighted by atomic mass is 16.2. The van der Waals surface area contributed by atoms with E-state index in [1.165, 1.54) is 0 Å². The van der Waals surface area contributed by atoms with Crippen LogP contribution in [0, 0.1) is 0 Å². The number of carbonyl (C=O) groups excluding carboxylic acids is 1. The number of aliphatic imine (C=N–C) groups is 1. The van der Waals surface area contributed by atoms with Crippen molar-refractivity contribution in [2.24, 2.45) is 4.99 Å². The molecule has 0 aliphatic carbocycles. The third-order valence-corrected chi connectivity index (χ3v) is 7.76. The second-order valence-corrected chi connectivity index (χ2v) is 9.69. The van der Waals surface area contributed by atoms with E-state index >= 15 is 0 Å². The molecule has 0 spiro atoms. The Morgan fingerprint density at radius 1 is 1.19 bits per heavy atom. The van der Waals surface area contributed by atoms with Crippen LogP contribution >= 0.6 is 0 Å².